The molecule has 0 unspecified atom stereocenters. The van der Waals surface area contributed by atoms with Gasteiger partial charge in [-0.2, -0.15) is 4.31 Å². The van der Waals surface area contributed by atoms with Crippen molar-refractivity contribution in [1.29, 1.82) is 0 Å². The molecule has 11 heteroatoms. The topological polar surface area (TPSA) is 104 Å². The molecule has 1 amide bonds. The fourth-order valence-electron chi connectivity index (χ4n) is 4.11. The summed E-state index contributed by atoms with van der Waals surface area (Å²) in [5, 5.41) is 0. The van der Waals surface area contributed by atoms with Crippen LogP contribution < -0.4 is 4.72 Å². The predicted molar refractivity (Wildman–Crippen MR) is 116 cm³/mol. The maximum atomic E-state index is 14.3. The van der Waals surface area contributed by atoms with Crippen LogP contribution in [0.15, 0.2) is 46.2 Å². The Kier molecular flexibility index (Phi) is 6.10. The molecule has 2 aliphatic rings. The van der Waals surface area contributed by atoms with E-state index >= 15 is 0 Å². The van der Waals surface area contributed by atoms with Crippen molar-refractivity contribution < 1.29 is 26.0 Å². The third-order valence-corrected chi connectivity index (χ3v) is 9.29. The zero-order valence-corrected chi connectivity index (χ0v) is 19.2. The van der Waals surface area contributed by atoms with Gasteiger partial charge in [-0.05, 0) is 67.8 Å². The van der Waals surface area contributed by atoms with Crippen molar-refractivity contribution in [3.05, 3.63) is 58.9 Å². The van der Waals surface area contributed by atoms with Crippen LogP contribution in [0.3, 0.4) is 0 Å². The van der Waals surface area contributed by atoms with E-state index in [0.29, 0.717) is 0 Å². The minimum atomic E-state index is -3.84. The van der Waals surface area contributed by atoms with Gasteiger partial charge in [-0.15, -0.1) is 0 Å². The molecule has 1 N–H and O–H groups in total. The number of benzene rings is 2. The standard InChI is InChI=1S/C21H24FN3O5S2/c1-23-31(27,28)17-7-8-20(22)19(14-17)21(26)24-9-11-25(12-10-24)32(29,30)18-6-5-15-3-2-4-16(15)13-18/h5-8,13-14,23H,2-4,9-12H2,1H3. The van der Waals surface area contributed by atoms with Gasteiger partial charge >= 0.3 is 0 Å². The fraction of sp³-hybridized carbons (Fsp3) is 0.381. The number of nitrogens with zero attached hydrogens (tertiary/aromatic N) is 2. The van der Waals surface area contributed by atoms with E-state index < -0.39 is 31.8 Å². The van der Waals surface area contributed by atoms with Gasteiger partial charge in [-0.1, -0.05) is 6.07 Å². The summed E-state index contributed by atoms with van der Waals surface area (Å²) in [6, 6.07) is 8.24. The highest BCUT2D eigenvalue weighted by Gasteiger charge is 2.32. The van der Waals surface area contributed by atoms with Gasteiger partial charge in [0.1, 0.15) is 5.82 Å². The molecule has 1 saturated heterocycles. The molecule has 2 aromatic rings. The second-order valence-electron chi connectivity index (χ2n) is 7.83. The van der Waals surface area contributed by atoms with Crippen LogP contribution in [0.2, 0.25) is 0 Å². The number of fused-ring (bicyclic) bond motifs is 1. The van der Waals surface area contributed by atoms with Crippen molar-refractivity contribution in [3.8, 4) is 0 Å². The molecule has 8 nitrogen and oxygen atoms in total. The highest BCUT2D eigenvalue weighted by molar-refractivity contribution is 7.89. The highest BCUT2D eigenvalue weighted by Crippen LogP contribution is 2.27. The summed E-state index contributed by atoms with van der Waals surface area (Å²) >= 11 is 0. The number of rotatable bonds is 5. The number of amides is 1. The smallest absolute Gasteiger partial charge is 0.256 e. The average molecular weight is 482 g/mol. The molecule has 1 aliphatic carbocycles. The maximum Gasteiger partial charge on any atom is 0.256 e. The van der Waals surface area contributed by atoms with Crippen LogP contribution in [0.5, 0.6) is 0 Å². The van der Waals surface area contributed by atoms with E-state index in [9.17, 15) is 26.0 Å². The first-order valence-corrected chi connectivity index (χ1v) is 13.2. The SMILES string of the molecule is CNS(=O)(=O)c1ccc(F)c(C(=O)N2CCN(S(=O)(=O)c3ccc4c(c3)CCC4)CC2)c1. The van der Waals surface area contributed by atoms with Crippen LogP contribution in [-0.4, -0.2) is 65.2 Å². The monoisotopic (exact) mass is 481 g/mol. The van der Waals surface area contributed by atoms with Gasteiger partial charge < -0.3 is 4.90 Å². The third kappa shape index (κ3) is 4.17. The van der Waals surface area contributed by atoms with E-state index in [0.717, 1.165) is 43.0 Å². The van der Waals surface area contributed by atoms with Gasteiger partial charge in [0, 0.05) is 26.2 Å². The van der Waals surface area contributed by atoms with Gasteiger partial charge in [0.15, 0.2) is 0 Å². The lowest BCUT2D eigenvalue weighted by Gasteiger charge is -2.34. The van der Waals surface area contributed by atoms with Crippen LogP contribution >= 0.6 is 0 Å². The number of carbonyl (C=O) groups excluding carboxylic acids is 1. The Morgan fingerprint density at radius 1 is 0.906 bits per heavy atom. The van der Waals surface area contributed by atoms with Crippen LogP contribution in [-0.2, 0) is 32.9 Å². The normalized spacial score (nSPS) is 17.4. The summed E-state index contributed by atoms with van der Waals surface area (Å²) < 4.78 is 67.9. The minimum Gasteiger partial charge on any atom is -0.336 e. The van der Waals surface area contributed by atoms with Crippen molar-refractivity contribution in [3.63, 3.8) is 0 Å². The summed E-state index contributed by atoms with van der Waals surface area (Å²) in [6.07, 6.45) is 2.85. The molecule has 32 heavy (non-hydrogen) atoms. The number of aryl methyl sites for hydroxylation is 2. The number of piperazine rings is 1. The molecule has 0 bridgehead atoms. The van der Waals surface area contributed by atoms with Crippen LogP contribution in [0.4, 0.5) is 4.39 Å². The summed E-state index contributed by atoms with van der Waals surface area (Å²) in [6.45, 7) is 0.291. The Balaban J connectivity index is 1.49. The van der Waals surface area contributed by atoms with E-state index in [-0.39, 0.29) is 41.5 Å². The Morgan fingerprint density at radius 2 is 1.56 bits per heavy atom. The molecule has 0 radical (unpaired) electrons. The predicted octanol–water partition coefficient (Wildman–Crippen LogP) is 1.37. The zero-order chi connectivity index (χ0) is 23.1. The Hall–Kier alpha value is -2.34. The number of hydrogen-bond acceptors (Lipinski definition) is 5. The van der Waals surface area contributed by atoms with Crippen molar-refractivity contribution in [2.45, 2.75) is 29.1 Å². The first-order valence-electron chi connectivity index (χ1n) is 10.3. The van der Waals surface area contributed by atoms with Gasteiger partial charge in [0.2, 0.25) is 20.0 Å². The quantitative estimate of drug-likeness (QED) is 0.695. The van der Waals surface area contributed by atoms with E-state index in [1.165, 1.54) is 21.8 Å². The molecular weight excluding hydrogens is 457 g/mol. The summed E-state index contributed by atoms with van der Waals surface area (Å²) in [5.41, 5.74) is 1.88. The lowest BCUT2D eigenvalue weighted by molar-refractivity contribution is 0.0693. The van der Waals surface area contributed by atoms with Gasteiger partial charge in [-0.3, -0.25) is 4.79 Å². The van der Waals surface area contributed by atoms with Crippen molar-refractivity contribution in [1.82, 2.24) is 13.9 Å². The lowest BCUT2D eigenvalue weighted by atomic mass is 10.1. The minimum absolute atomic E-state index is 0.0707. The largest absolute Gasteiger partial charge is 0.336 e. The third-order valence-electron chi connectivity index (χ3n) is 5.98. The van der Waals surface area contributed by atoms with Crippen molar-refractivity contribution in [2.75, 3.05) is 33.2 Å². The summed E-state index contributed by atoms with van der Waals surface area (Å²) in [4.78, 5) is 14.2. The molecule has 4 rings (SSSR count). The summed E-state index contributed by atoms with van der Waals surface area (Å²) in [5.74, 6) is -1.51. The highest BCUT2D eigenvalue weighted by atomic mass is 32.2. The molecular formula is C21H24FN3O5S2. The van der Waals surface area contributed by atoms with E-state index in [1.807, 2.05) is 6.07 Å². The van der Waals surface area contributed by atoms with E-state index in [2.05, 4.69) is 4.72 Å². The fourth-order valence-corrected chi connectivity index (χ4v) is 6.34. The number of hydrogen-bond donors (Lipinski definition) is 1. The van der Waals surface area contributed by atoms with Crippen LogP contribution in [0.25, 0.3) is 0 Å². The molecule has 1 fully saturated rings. The van der Waals surface area contributed by atoms with Gasteiger partial charge in [0.05, 0.1) is 15.4 Å². The van der Waals surface area contributed by atoms with Gasteiger partial charge in [0.25, 0.3) is 5.91 Å². The molecule has 1 heterocycles. The first kappa shape index (κ1) is 22.8. The molecule has 0 aromatic heterocycles. The molecule has 172 valence electrons. The number of sulfonamides is 2. The van der Waals surface area contributed by atoms with Crippen LogP contribution in [0.1, 0.15) is 27.9 Å². The number of nitrogens with one attached hydrogen (secondary N) is 1. The van der Waals surface area contributed by atoms with E-state index in [1.54, 1.807) is 12.1 Å². The van der Waals surface area contributed by atoms with E-state index in [4.69, 9.17) is 0 Å². The molecule has 1 aliphatic heterocycles. The molecule has 0 saturated carbocycles. The number of carbonyl (C=O) groups is 1. The summed E-state index contributed by atoms with van der Waals surface area (Å²) in [7, 11) is -6.32. The average Bonchev–Trinajstić information content (AvgIpc) is 3.27. The van der Waals surface area contributed by atoms with Crippen molar-refractivity contribution in [2.24, 2.45) is 0 Å². The van der Waals surface area contributed by atoms with Gasteiger partial charge in [-0.25, -0.2) is 25.9 Å². The molecule has 0 atom stereocenters. The number of halogens is 1. The van der Waals surface area contributed by atoms with Crippen molar-refractivity contribution >= 4 is 26.0 Å². The first-order chi connectivity index (χ1) is 15.1. The maximum absolute atomic E-state index is 14.3. The van der Waals surface area contributed by atoms with Crippen LogP contribution in [0, 0.1) is 5.82 Å². The Morgan fingerprint density at radius 3 is 2.25 bits per heavy atom. The lowest BCUT2D eigenvalue weighted by Crippen LogP contribution is -2.50. The molecule has 0 spiro atoms. The Bertz CT molecular complexity index is 1270. The second kappa shape index (κ2) is 8.54. The zero-order valence-electron chi connectivity index (χ0n) is 17.5. The second-order valence-corrected chi connectivity index (χ2v) is 11.7. The Labute approximate surface area is 187 Å². The molecule has 2 aromatic carbocycles.